The molecule has 0 aliphatic carbocycles. The zero-order valence-electron chi connectivity index (χ0n) is 19.9. The van der Waals surface area contributed by atoms with Gasteiger partial charge in [0.1, 0.15) is 11.5 Å². The molecular weight excluding hydrogens is 430 g/mol. The van der Waals surface area contributed by atoms with E-state index < -0.39 is 0 Å². The van der Waals surface area contributed by atoms with Crippen molar-refractivity contribution in [3.8, 4) is 34.0 Å². The summed E-state index contributed by atoms with van der Waals surface area (Å²) in [5, 5.41) is 2.96. The highest BCUT2D eigenvalue weighted by Crippen LogP contribution is 2.31. The molecule has 0 fully saturated rings. The number of hydrogen-bond acceptors (Lipinski definition) is 6. The lowest BCUT2D eigenvalue weighted by Gasteiger charge is -2.10. The fourth-order valence-electron chi connectivity index (χ4n) is 3.70. The van der Waals surface area contributed by atoms with E-state index in [-0.39, 0.29) is 5.91 Å². The number of carbonyl (C=O) groups excluding carboxylic acids is 1. The maximum absolute atomic E-state index is 12.4. The number of fused-ring (bicyclic) bond motifs is 1. The van der Waals surface area contributed by atoms with Gasteiger partial charge >= 0.3 is 0 Å². The zero-order chi connectivity index (χ0) is 24.1. The van der Waals surface area contributed by atoms with Crippen molar-refractivity contribution in [2.75, 3.05) is 41.4 Å². The second-order valence-electron chi connectivity index (χ2n) is 8.24. The van der Waals surface area contributed by atoms with E-state index in [4.69, 9.17) is 9.47 Å². The van der Waals surface area contributed by atoms with E-state index in [0.29, 0.717) is 23.6 Å². The number of rotatable bonds is 9. The number of aromatic nitrogens is 3. The predicted octanol–water partition coefficient (Wildman–Crippen LogP) is 3.76. The summed E-state index contributed by atoms with van der Waals surface area (Å²) in [7, 11) is 7.30. The third-order valence-corrected chi connectivity index (χ3v) is 5.55. The Morgan fingerprint density at radius 2 is 1.68 bits per heavy atom. The minimum atomic E-state index is -0.0717. The van der Waals surface area contributed by atoms with Crippen LogP contribution >= 0.6 is 0 Å². The largest absolute Gasteiger partial charge is 0.497 e. The number of carbonyl (C=O) groups is 1. The maximum atomic E-state index is 12.4. The molecule has 0 aliphatic rings. The Balaban J connectivity index is 1.57. The lowest BCUT2D eigenvalue weighted by atomic mass is 10.1. The molecule has 8 nitrogen and oxygen atoms in total. The number of nitrogens with zero attached hydrogens (tertiary/aromatic N) is 4. The van der Waals surface area contributed by atoms with Crippen LogP contribution in [0.1, 0.15) is 16.8 Å². The van der Waals surface area contributed by atoms with Crippen molar-refractivity contribution in [2.24, 2.45) is 0 Å². The van der Waals surface area contributed by atoms with Crippen LogP contribution in [0, 0.1) is 0 Å². The number of benzene rings is 2. The predicted molar refractivity (Wildman–Crippen MR) is 132 cm³/mol. The molecule has 2 heterocycles. The van der Waals surface area contributed by atoms with Gasteiger partial charge in [0.05, 0.1) is 38.0 Å². The van der Waals surface area contributed by atoms with Crippen LogP contribution in [-0.4, -0.2) is 66.6 Å². The molecule has 0 spiro atoms. The van der Waals surface area contributed by atoms with Crippen LogP contribution in [0.25, 0.3) is 28.2 Å². The first-order valence-electron chi connectivity index (χ1n) is 11.1. The molecule has 2 aromatic carbocycles. The monoisotopic (exact) mass is 459 g/mol. The summed E-state index contributed by atoms with van der Waals surface area (Å²) in [5.41, 5.74) is 4.86. The van der Waals surface area contributed by atoms with E-state index >= 15 is 0 Å². The van der Waals surface area contributed by atoms with Crippen LogP contribution in [-0.2, 0) is 0 Å². The average molecular weight is 460 g/mol. The molecule has 176 valence electrons. The first kappa shape index (κ1) is 23.3. The maximum Gasteiger partial charge on any atom is 0.251 e. The first-order valence-corrected chi connectivity index (χ1v) is 11.1. The molecule has 0 bridgehead atoms. The van der Waals surface area contributed by atoms with E-state index in [1.54, 1.807) is 26.6 Å². The third kappa shape index (κ3) is 5.18. The lowest BCUT2D eigenvalue weighted by molar-refractivity contribution is 0.0952. The van der Waals surface area contributed by atoms with Crippen LogP contribution in [0.2, 0.25) is 0 Å². The van der Waals surface area contributed by atoms with E-state index in [9.17, 15) is 4.79 Å². The van der Waals surface area contributed by atoms with Crippen LogP contribution in [0.15, 0.2) is 61.1 Å². The minimum Gasteiger partial charge on any atom is -0.497 e. The number of imidazole rings is 1. The van der Waals surface area contributed by atoms with Crippen LogP contribution < -0.4 is 14.8 Å². The van der Waals surface area contributed by atoms with Crippen molar-refractivity contribution in [1.29, 1.82) is 0 Å². The number of hydrogen-bond donors (Lipinski definition) is 1. The minimum absolute atomic E-state index is 0.0717. The molecule has 4 rings (SSSR count). The first-order chi connectivity index (χ1) is 16.5. The van der Waals surface area contributed by atoms with Gasteiger partial charge in [-0.05, 0) is 51.3 Å². The molecule has 1 N–H and O–H groups in total. The standard InChI is InChI=1S/C26H29N5O3/c1-30(2)11-5-10-27-26(32)19-8-6-18(7-9-19)23-17-31-24(15-29-25(31)16-28-23)20-12-21(33-3)14-22(13-20)34-4/h6-9,12-17H,5,10-11H2,1-4H3,(H,27,32). The highest BCUT2D eigenvalue weighted by molar-refractivity contribution is 5.94. The van der Waals surface area contributed by atoms with Gasteiger partial charge in [0.2, 0.25) is 0 Å². The van der Waals surface area contributed by atoms with Gasteiger partial charge in [0, 0.05) is 35.5 Å². The second-order valence-corrected chi connectivity index (χ2v) is 8.24. The number of amides is 1. The molecule has 34 heavy (non-hydrogen) atoms. The smallest absolute Gasteiger partial charge is 0.251 e. The SMILES string of the molecule is COc1cc(OC)cc(-c2cnc3cnc(-c4ccc(C(=O)NCCCN(C)C)cc4)cn23)c1. The molecule has 1 amide bonds. The van der Waals surface area contributed by atoms with Gasteiger partial charge in [-0.3, -0.25) is 14.2 Å². The highest BCUT2D eigenvalue weighted by Gasteiger charge is 2.12. The van der Waals surface area contributed by atoms with Crippen molar-refractivity contribution in [1.82, 2.24) is 24.6 Å². The summed E-state index contributed by atoms with van der Waals surface area (Å²) in [6.45, 7) is 1.58. The molecule has 0 saturated carbocycles. The van der Waals surface area contributed by atoms with Gasteiger partial charge < -0.3 is 19.7 Å². The van der Waals surface area contributed by atoms with Gasteiger partial charge in [-0.1, -0.05) is 12.1 Å². The van der Waals surface area contributed by atoms with Crippen molar-refractivity contribution in [3.63, 3.8) is 0 Å². The molecule has 0 radical (unpaired) electrons. The topological polar surface area (TPSA) is 81.0 Å². The average Bonchev–Trinajstić information content (AvgIpc) is 3.29. The second kappa shape index (κ2) is 10.4. The van der Waals surface area contributed by atoms with Crippen molar-refractivity contribution >= 4 is 11.6 Å². The third-order valence-electron chi connectivity index (χ3n) is 5.55. The molecule has 0 unspecified atom stereocenters. The van der Waals surface area contributed by atoms with Gasteiger partial charge in [-0.15, -0.1) is 0 Å². The Kier molecular flexibility index (Phi) is 7.08. The fourth-order valence-corrected chi connectivity index (χ4v) is 3.70. The molecule has 0 atom stereocenters. The number of methoxy groups -OCH3 is 2. The fraction of sp³-hybridized carbons (Fsp3) is 0.269. The summed E-state index contributed by atoms with van der Waals surface area (Å²) in [4.78, 5) is 23.6. The van der Waals surface area contributed by atoms with E-state index in [2.05, 4.69) is 20.2 Å². The van der Waals surface area contributed by atoms with Crippen molar-refractivity contribution < 1.29 is 14.3 Å². The highest BCUT2D eigenvalue weighted by atomic mass is 16.5. The van der Waals surface area contributed by atoms with Gasteiger partial charge in [0.15, 0.2) is 5.65 Å². The Morgan fingerprint density at radius 3 is 2.32 bits per heavy atom. The van der Waals surface area contributed by atoms with Gasteiger partial charge in [-0.25, -0.2) is 4.98 Å². The van der Waals surface area contributed by atoms with Gasteiger partial charge in [-0.2, -0.15) is 0 Å². The molecule has 0 aliphatic heterocycles. The summed E-state index contributed by atoms with van der Waals surface area (Å²) in [6.07, 6.45) is 6.40. The van der Waals surface area contributed by atoms with Crippen LogP contribution in [0.5, 0.6) is 11.5 Å². The summed E-state index contributed by atoms with van der Waals surface area (Å²) < 4.78 is 12.8. The molecule has 0 saturated heterocycles. The zero-order valence-corrected chi connectivity index (χ0v) is 19.9. The van der Waals surface area contributed by atoms with E-state index in [1.807, 2.05) is 67.2 Å². The Hall–Kier alpha value is -3.91. The van der Waals surface area contributed by atoms with Gasteiger partial charge in [0.25, 0.3) is 5.91 Å². The molecule has 4 aromatic rings. The van der Waals surface area contributed by atoms with Crippen molar-refractivity contribution in [2.45, 2.75) is 6.42 Å². The number of nitrogens with one attached hydrogen (secondary N) is 1. The molecule has 8 heteroatoms. The van der Waals surface area contributed by atoms with Crippen LogP contribution in [0.4, 0.5) is 0 Å². The summed E-state index contributed by atoms with van der Waals surface area (Å²) >= 11 is 0. The number of ether oxygens (including phenoxy) is 2. The van der Waals surface area contributed by atoms with E-state index in [1.165, 1.54) is 0 Å². The molecular formula is C26H29N5O3. The summed E-state index contributed by atoms with van der Waals surface area (Å²) in [6, 6.07) is 13.2. The van der Waals surface area contributed by atoms with Crippen LogP contribution in [0.3, 0.4) is 0 Å². The van der Waals surface area contributed by atoms with E-state index in [0.717, 1.165) is 41.1 Å². The Bertz CT molecular complexity index is 1260. The molecule has 2 aromatic heterocycles. The van der Waals surface area contributed by atoms with Crippen molar-refractivity contribution in [3.05, 3.63) is 66.6 Å². The lowest BCUT2D eigenvalue weighted by Crippen LogP contribution is -2.27. The quantitative estimate of drug-likeness (QED) is 0.384. The Morgan fingerprint density at radius 1 is 0.971 bits per heavy atom. The summed E-state index contributed by atoms with van der Waals surface area (Å²) in [5.74, 6) is 1.33. The Labute approximate surface area is 199 Å². The normalized spacial score (nSPS) is 11.1.